The first-order valence-electron chi connectivity index (χ1n) is 9.75. The van der Waals surface area contributed by atoms with Crippen molar-refractivity contribution >= 4 is 17.5 Å². The zero-order valence-corrected chi connectivity index (χ0v) is 16.2. The Hall–Kier alpha value is -3.02. The van der Waals surface area contributed by atoms with E-state index in [1.807, 2.05) is 44.2 Å². The third-order valence-electron chi connectivity index (χ3n) is 5.47. The molecular formula is C22H24N4O2. The Kier molecular flexibility index (Phi) is 4.94. The van der Waals surface area contributed by atoms with E-state index < -0.39 is 0 Å². The lowest BCUT2D eigenvalue weighted by Crippen LogP contribution is -2.23. The summed E-state index contributed by atoms with van der Waals surface area (Å²) in [7, 11) is 0. The molecule has 1 aromatic carbocycles. The van der Waals surface area contributed by atoms with Gasteiger partial charge in [-0.2, -0.15) is 5.11 Å². The molecule has 0 saturated carbocycles. The molecule has 4 rings (SSSR count). The number of aryl methyl sites for hydroxylation is 2. The summed E-state index contributed by atoms with van der Waals surface area (Å²) in [6.45, 7) is 3.82. The quantitative estimate of drug-likeness (QED) is 0.813. The first-order chi connectivity index (χ1) is 13.5. The first-order valence-corrected chi connectivity index (χ1v) is 9.75. The number of azo groups is 1. The summed E-state index contributed by atoms with van der Waals surface area (Å²) in [4.78, 5) is 27.7. The molecule has 1 atom stereocenters. The van der Waals surface area contributed by atoms with Gasteiger partial charge in [0.25, 0.3) is 11.8 Å². The molecule has 0 fully saturated rings. The zero-order chi connectivity index (χ0) is 19.7. The number of carbonyl (C=O) groups is 2. The maximum atomic E-state index is 12.6. The highest BCUT2D eigenvalue weighted by Gasteiger charge is 2.28. The fourth-order valence-corrected chi connectivity index (χ4v) is 4.11. The number of H-pyrrole nitrogens is 1. The number of hydrogen-bond acceptors (Lipinski definition) is 3. The van der Waals surface area contributed by atoms with Gasteiger partial charge in [-0.25, -0.2) is 0 Å². The van der Waals surface area contributed by atoms with E-state index in [1.165, 1.54) is 0 Å². The Morgan fingerprint density at radius 3 is 2.82 bits per heavy atom. The molecule has 1 aromatic heterocycles. The van der Waals surface area contributed by atoms with E-state index in [1.54, 1.807) is 0 Å². The van der Waals surface area contributed by atoms with Crippen molar-refractivity contribution in [2.24, 2.45) is 10.2 Å². The third kappa shape index (κ3) is 3.67. The van der Waals surface area contributed by atoms with E-state index in [0.29, 0.717) is 12.0 Å². The molecule has 2 amide bonds. The Morgan fingerprint density at radius 2 is 2.04 bits per heavy atom. The molecule has 0 saturated heterocycles. The van der Waals surface area contributed by atoms with Crippen molar-refractivity contribution in [1.82, 2.24) is 4.98 Å². The highest BCUT2D eigenvalue weighted by molar-refractivity contribution is 6.05. The van der Waals surface area contributed by atoms with E-state index in [4.69, 9.17) is 0 Å². The fraction of sp³-hybridized carbons (Fsp3) is 0.364. The maximum Gasteiger partial charge on any atom is 0.291 e. The minimum absolute atomic E-state index is 0.0754. The Balaban J connectivity index is 1.50. The molecule has 1 aliphatic heterocycles. The van der Waals surface area contributed by atoms with Gasteiger partial charge < -0.3 is 10.3 Å². The van der Waals surface area contributed by atoms with Crippen LogP contribution < -0.4 is 5.32 Å². The lowest BCUT2D eigenvalue weighted by Gasteiger charge is -2.25. The van der Waals surface area contributed by atoms with Crippen molar-refractivity contribution in [2.45, 2.75) is 52.0 Å². The van der Waals surface area contributed by atoms with Crippen LogP contribution in [0.5, 0.6) is 0 Å². The molecule has 1 unspecified atom stereocenters. The normalized spacial score (nSPS) is 18.9. The second-order valence-corrected chi connectivity index (χ2v) is 7.60. The predicted molar refractivity (Wildman–Crippen MR) is 108 cm³/mol. The summed E-state index contributed by atoms with van der Waals surface area (Å²) >= 11 is 0. The molecule has 2 heterocycles. The van der Waals surface area contributed by atoms with Crippen molar-refractivity contribution in [2.75, 3.05) is 5.32 Å². The molecule has 0 radical (unpaired) electrons. The van der Waals surface area contributed by atoms with Gasteiger partial charge in [-0.15, -0.1) is 5.11 Å². The van der Waals surface area contributed by atoms with E-state index in [9.17, 15) is 9.59 Å². The Labute approximate surface area is 164 Å². The molecular weight excluding hydrogens is 352 g/mol. The number of aromatic nitrogens is 1. The molecule has 2 N–H and O–H groups in total. The van der Waals surface area contributed by atoms with Crippen LogP contribution in [0.15, 0.2) is 51.7 Å². The molecule has 2 aromatic rings. The lowest BCUT2D eigenvalue weighted by atomic mass is 9.84. The van der Waals surface area contributed by atoms with Gasteiger partial charge in [-0.3, -0.25) is 9.59 Å². The molecule has 144 valence electrons. The third-order valence-corrected chi connectivity index (χ3v) is 5.47. The number of nitrogens with one attached hydrogen (secondary N) is 2. The van der Waals surface area contributed by atoms with Crippen molar-refractivity contribution in [3.05, 3.63) is 64.0 Å². The van der Waals surface area contributed by atoms with Crippen LogP contribution >= 0.6 is 0 Å². The van der Waals surface area contributed by atoms with Gasteiger partial charge in [-0.1, -0.05) is 12.1 Å². The van der Waals surface area contributed by atoms with Crippen LogP contribution in [0, 0.1) is 13.8 Å². The van der Waals surface area contributed by atoms with Crippen LogP contribution in [-0.4, -0.2) is 22.8 Å². The van der Waals surface area contributed by atoms with Gasteiger partial charge in [-0.05, 0) is 68.9 Å². The van der Waals surface area contributed by atoms with Gasteiger partial charge in [0.05, 0.1) is 11.6 Å². The van der Waals surface area contributed by atoms with Crippen LogP contribution in [-0.2, 0) is 11.2 Å². The molecule has 2 aliphatic rings. The maximum absolute atomic E-state index is 12.6. The standard InChI is InChI=1S/C22H24N4O2/c1-13-10-19(14(2)23-13)21(27)24-16-7-5-6-15(11-16)12-20-17-8-3-4-9-18(17)22(28)26-25-20/h5-7,10-11,20,23H,3-4,8-9,12H2,1-2H3,(H,24,27). The zero-order valence-electron chi connectivity index (χ0n) is 16.2. The second kappa shape index (κ2) is 7.54. The summed E-state index contributed by atoms with van der Waals surface area (Å²) in [6.07, 6.45) is 4.57. The number of amides is 2. The summed E-state index contributed by atoms with van der Waals surface area (Å²) in [5.41, 5.74) is 6.31. The van der Waals surface area contributed by atoms with Gasteiger partial charge in [0.1, 0.15) is 0 Å². The number of rotatable bonds is 4. The Bertz CT molecular complexity index is 1000. The van der Waals surface area contributed by atoms with Crippen molar-refractivity contribution in [3.63, 3.8) is 0 Å². The summed E-state index contributed by atoms with van der Waals surface area (Å²) in [5.74, 6) is -0.289. The fourth-order valence-electron chi connectivity index (χ4n) is 4.11. The number of carbonyl (C=O) groups excluding carboxylic acids is 2. The minimum Gasteiger partial charge on any atom is -0.362 e. The average Bonchev–Trinajstić information content (AvgIpc) is 3.03. The van der Waals surface area contributed by atoms with Crippen LogP contribution in [0.2, 0.25) is 0 Å². The van der Waals surface area contributed by atoms with Crippen LogP contribution in [0.4, 0.5) is 5.69 Å². The van der Waals surface area contributed by atoms with E-state index >= 15 is 0 Å². The van der Waals surface area contributed by atoms with Crippen molar-refractivity contribution in [1.29, 1.82) is 0 Å². The number of anilines is 1. The van der Waals surface area contributed by atoms with E-state index in [-0.39, 0.29) is 17.9 Å². The highest BCUT2D eigenvalue weighted by Crippen LogP contribution is 2.33. The minimum atomic E-state index is -0.163. The van der Waals surface area contributed by atoms with Gasteiger partial charge >= 0.3 is 0 Å². The monoisotopic (exact) mass is 376 g/mol. The largest absolute Gasteiger partial charge is 0.362 e. The highest BCUT2D eigenvalue weighted by atomic mass is 16.2. The first kappa shape index (κ1) is 18.3. The molecule has 28 heavy (non-hydrogen) atoms. The van der Waals surface area contributed by atoms with Crippen LogP contribution in [0.3, 0.4) is 0 Å². The topological polar surface area (TPSA) is 86.7 Å². The summed E-state index contributed by atoms with van der Waals surface area (Å²) in [5, 5.41) is 11.1. The molecule has 6 heteroatoms. The second-order valence-electron chi connectivity index (χ2n) is 7.60. The molecule has 0 spiro atoms. The number of hydrogen-bond donors (Lipinski definition) is 2. The lowest BCUT2D eigenvalue weighted by molar-refractivity contribution is -0.115. The van der Waals surface area contributed by atoms with Crippen molar-refractivity contribution < 1.29 is 9.59 Å². The van der Waals surface area contributed by atoms with E-state index in [0.717, 1.165) is 59.5 Å². The SMILES string of the molecule is Cc1cc(C(=O)Nc2cccc(CC3N=NC(=O)C4=C3CCCC4)c2)c(C)[nH]1. The molecule has 0 bridgehead atoms. The van der Waals surface area contributed by atoms with Gasteiger partial charge in [0.2, 0.25) is 0 Å². The smallest absolute Gasteiger partial charge is 0.291 e. The molecule has 1 aliphatic carbocycles. The van der Waals surface area contributed by atoms with Crippen LogP contribution in [0.1, 0.15) is 53.0 Å². The average molecular weight is 376 g/mol. The molecule has 6 nitrogen and oxygen atoms in total. The van der Waals surface area contributed by atoms with Crippen LogP contribution in [0.25, 0.3) is 0 Å². The van der Waals surface area contributed by atoms with Gasteiger partial charge in [0.15, 0.2) is 0 Å². The Morgan fingerprint density at radius 1 is 1.21 bits per heavy atom. The summed E-state index contributed by atoms with van der Waals surface area (Å²) < 4.78 is 0. The number of nitrogens with zero attached hydrogens (tertiary/aromatic N) is 2. The number of benzene rings is 1. The summed E-state index contributed by atoms with van der Waals surface area (Å²) in [6, 6.07) is 9.59. The number of aromatic amines is 1. The van der Waals surface area contributed by atoms with Gasteiger partial charge in [0, 0.05) is 29.1 Å². The van der Waals surface area contributed by atoms with Crippen molar-refractivity contribution in [3.8, 4) is 0 Å². The predicted octanol–water partition coefficient (Wildman–Crippen LogP) is 4.66. The van der Waals surface area contributed by atoms with E-state index in [2.05, 4.69) is 20.5 Å².